The first kappa shape index (κ1) is 15.8. The fourth-order valence-corrected chi connectivity index (χ4v) is 2.95. The molecule has 1 fully saturated rings. The van der Waals surface area contributed by atoms with E-state index in [4.69, 9.17) is 16.3 Å². The summed E-state index contributed by atoms with van der Waals surface area (Å²) in [5, 5.41) is 18.7. The summed E-state index contributed by atoms with van der Waals surface area (Å²) in [4.78, 5) is 14.2. The van der Waals surface area contributed by atoms with Crippen LogP contribution in [0.15, 0.2) is 30.6 Å². The van der Waals surface area contributed by atoms with E-state index in [9.17, 15) is 9.90 Å². The summed E-state index contributed by atoms with van der Waals surface area (Å²) in [5.41, 5.74) is -0.517. The molecule has 2 aromatic rings. The molecular weight excluding hydrogens is 320 g/mol. The van der Waals surface area contributed by atoms with Crippen molar-refractivity contribution >= 4 is 17.5 Å². The molecule has 0 bridgehead atoms. The summed E-state index contributed by atoms with van der Waals surface area (Å²) in [6.45, 7) is 1.03. The molecule has 3 rings (SSSR count). The molecule has 1 aliphatic rings. The first-order chi connectivity index (χ1) is 11.0. The van der Waals surface area contributed by atoms with Crippen LogP contribution in [0.3, 0.4) is 0 Å². The van der Waals surface area contributed by atoms with Crippen LogP contribution in [-0.4, -0.2) is 56.7 Å². The molecule has 23 heavy (non-hydrogen) atoms. The van der Waals surface area contributed by atoms with Crippen molar-refractivity contribution in [2.75, 3.05) is 20.2 Å². The van der Waals surface area contributed by atoms with Gasteiger partial charge < -0.3 is 14.7 Å². The van der Waals surface area contributed by atoms with E-state index in [1.807, 2.05) is 0 Å². The van der Waals surface area contributed by atoms with Gasteiger partial charge in [0.15, 0.2) is 0 Å². The lowest BCUT2D eigenvalue weighted by Crippen LogP contribution is -2.39. The highest BCUT2D eigenvalue weighted by atomic mass is 35.5. The van der Waals surface area contributed by atoms with E-state index in [1.165, 1.54) is 7.11 Å². The van der Waals surface area contributed by atoms with Crippen LogP contribution in [0, 0.1) is 0 Å². The smallest absolute Gasteiger partial charge is 0.254 e. The molecular formula is C15H17ClN4O3. The quantitative estimate of drug-likeness (QED) is 0.908. The van der Waals surface area contributed by atoms with Crippen LogP contribution >= 0.6 is 11.6 Å². The SMILES string of the molecule is COc1cc(C(=O)N2CCC(O)(Cn3ccnn3)C2)ccc1Cl. The van der Waals surface area contributed by atoms with Crippen molar-refractivity contribution in [1.29, 1.82) is 0 Å². The highest BCUT2D eigenvalue weighted by molar-refractivity contribution is 6.32. The van der Waals surface area contributed by atoms with Gasteiger partial charge in [0.2, 0.25) is 0 Å². The van der Waals surface area contributed by atoms with Gasteiger partial charge in [0.05, 0.1) is 31.4 Å². The molecule has 0 spiro atoms. The number of nitrogens with zero attached hydrogens (tertiary/aromatic N) is 4. The highest BCUT2D eigenvalue weighted by Gasteiger charge is 2.39. The van der Waals surface area contributed by atoms with Crippen molar-refractivity contribution in [3.63, 3.8) is 0 Å². The topological polar surface area (TPSA) is 80.5 Å². The van der Waals surface area contributed by atoms with Crippen molar-refractivity contribution in [1.82, 2.24) is 19.9 Å². The number of aromatic nitrogens is 3. The number of likely N-dealkylation sites (tertiary alicyclic amines) is 1. The Morgan fingerprint density at radius 3 is 3.04 bits per heavy atom. The van der Waals surface area contributed by atoms with Gasteiger partial charge in [0, 0.05) is 18.3 Å². The third-order valence-electron chi connectivity index (χ3n) is 3.95. The Balaban J connectivity index is 1.72. The number of carbonyl (C=O) groups is 1. The lowest BCUT2D eigenvalue weighted by Gasteiger charge is -2.23. The number of carbonyl (C=O) groups excluding carboxylic acids is 1. The monoisotopic (exact) mass is 336 g/mol. The first-order valence-corrected chi connectivity index (χ1v) is 7.58. The number of rotatable bonds is 4. The van der Waals surface area contributed by atoms with Crippen LogP contribution in [0.4, 0.5) is 0 Å². The maximum absolute atomic E-state index is 12.6. The number of β-amino-alcohol motifs (C(OH)–C–C–N with tert-alkyl or cyclic N) is 1. The molecule has 1 aromatic carbocycles. The average Bonchev–Trinajstić information content (AvgIpc) is 3.17. The van der Waals surface area contributed by atoms with Gasteiger partial charge in [-0.05, 0) is 24.6 Å². The van der Waals surface area contributed by atoms with Crippen LogP contribution in [0.2, 0.25) is 5.02 Å². The molecule has 0 aliphatic carbocycles. The molecule has 0 saturated carbocycles. The number of hydrogen-bond acceptors (Lipinski definition) is 5. The summed E-state index contributed by atoms with van der Waals surface area (Å²) in [7, 11) is 1.50. The fourth-order valence-electron chi connectivity index (χ4n) is 2.75. The Morgan fingerprint density at radius 1 is 1.52 bits per heavy atom. The van der Waals surface area contributed by atoms with Crippen LogP contribution < -0.4 is 4.74 Å². The second-order valence-corrected chi connectivity index (χ2v) is 6.06. The third kappa shape index (κ3) is 3.30. The number of halogens is 1. The van der Waals surface area contributed by atoms with Crippen molar-refractivity contribution < 1.29 is 14.6 Å². The van der Waals surface area contributed by atoms with Crippen molar-refractivity contribution in [3.8, 4) is 5.75 Å². The van der Waals surface area contributed by atoms with Crippen molar-refractivity contribution in [3.05, 3.63) is 41.2 Å². The lowest BCUT2D eigenvalue weighted by molar-refractivity contribution is 0.0267. The van der Waals surface area contributed by atoms with E-state index < -0.39 is 5.60 Å². The zero-order valence-corrected chi connectivity index (χ0v) is 13.4. The zero-order valence-electron chi connectivity index (χ0n) is 12.6. The summed E-state index contributed by atoms with van der Waals surface area (Å²) in [6.07, 6.45) is 3.73. The molecule has 8 heteroatoms. The second-order valence-electron chi connectivity index (χ2n) is 5.65. The molecule has 0 radical (unpaired) electrons. The predicted octanol–water partition coefficient (Wildman–Crippen LogP) is 1.22. The maximum Gasteiger partial charge on any atom is 0.254 e. The molecule has 1 N–H and O–H groups in total. The standard InChI is InChI=1S/C15H17ClN4O3/c1-23-13-8-11(2-3-12(13)16)14(21)19-6-4-15(22,9-19)10-20-7-5-17-18-20/h2-3,5,7-8,22H,4,6,9-10H2,1H3. The molecule has 1 amide bonds. The Bertz CT molecular complexity index is 707. The maximum atomic E-state index is 12.6. The molecule has 2 heterocycles. The number of ether oxygens (including phenoxy) is 1. The number of hydrogen-bond donors (Lipinski definition) is 1. The van der Waals surface area contributed by atoms with Gasteiger partial charge in [-0.3, -0.25) is 4.79 Å². The van der Waals surface area contributed by atoms with E-state index in [-0.39, 0.29) is 12.5 Å². The van der Waals surface area contributed by atoms with Gasteiger partial charge >= 0.3 is 0 Å². The Kier molecular flexibility index (Phi) is 4.23. The lowest BCUT2D eigenvalue weighted by atomic mass is 10.0. The van der Waals surface area contributed by atoms with Gasteiger partial charge in [0.25, 0.3) is 5.91 Å². The van der Waals surface area contributed by atoms with Crippen LogP contribution in [0.1, 0.15) is 16.8 Å². The summed E-state index contributed by atoms with van der Waals surface area (Å²) in [5.74, 6) is 0.295. The minimum Gasteiger partial charge on any atom is -0.495 e. The van der Waals surface area contributed by atoms with Gasteiger partial charge in [-0.25, -0.2) is 4.68 Å². The molecule has 1 saturated heterocycles. The summed E-state index contributed by atoms with van der Waals surface area (Å²) in [6, 6.07) is 4.90. The van der Waals surface area contributed by atoms with Crippen molar-refractivity contribution in [2.45, 2.75) is 18.6 Å². The predicted molar refractivity (Wildman–Crippen MR) is 83.5 cm³/mol. The fraction of sp³-hybridized carbons (Fsp3) is 0.400. The average molecular weight is 337 g/mol. The molecule has 1 atom stereocenters. The van der Waals surface area contributed by atoms with Gasteiger partial charge in [-0.2, -0.15) is 0 Å². The van der Waals surface area contributed by atoms with Gasteiger partial charge in [0.1, 0.15) is 11.4 Å². The normalized spacial score (nSPS) is 20.7. The number of amides is 1. The summed E-state index contributed by atoms with van der Waals surface area (Å²) >= 11 is 5.98. The second kappa shape index (κ2) is 6.17. The van der Waals surface area contributed by atoms with Crippen molar-refractivity contribution in [2.24, 2.45) is 0 Å². The molecule has 7 nitrogen and oxygen atoms in total. The Morgan fingerprint density at radius 2 is 2.35 bits per heavy atom. The summed E-state index contributed by atoms with van der Waals surface area (Å²) < 4.78 is 6.71. The third-order valence-corrected chi connectivity index (χ3v) is 4.26. The number of methoxy groups -OCH3 is 1. The van der Waals surface area contributed by atoms with E-state index >= 15 is 0 Å². The van der Waals surface area contributed by atoms with E-state index in [0.29, 0.717) is 35.8 Å². The number of aliphatic hydroxyl groups is 1. The van der Waals surface area contributed by atoms with Gasteiger partial charge in [-0.1, -0.05) is 16.8 Å². The molecule has 122 valence electrons. The number of benzene rings is 1. The first-order valence-electron chi connectivity index (χ1n) is 7.20. The van der Waals surface area contributed by atoms with E-state index in [2.05, 4.69) is 10.3 Å². The molecule has 1 unspecified atom stereocenters. The van der Waals surface area contributed by atoms with Crippen LogP contribution in [0.25, 0.3) is 0 Å². The van der Waals surface area contributed by atoms with E-state index in [0.717, 1.165) is 0 Å². The van der Waals surface area contributed by atoms with Crippen LogP contribution in [-0.2, 0) is 6.54 Å². The zero-order chi connectivity index (χ0) is 16.4. The largest absolute Gasteiger partial charge is 0.495 e. The Hall–Kier alpha value is -2.12. The molecule has 1 aromatic heterocycles. The Labute approximate surface area is 138 Å². The highest BCUT2D eigenvalue weighted by Crippen LogP contribution is 2.28. The molecule has 1 aliphatic heterocycles. The van der Waals surface area contributed by atoms with E-state index in [1.54, 1.807) is 40.2 Å². The van der Waals surface area contributed by atoms with Gasteiger partial charge in [-0.15, -0.1) is 5.10 Å². The minimum atomic E-state index is -1.00. The minimum absolute atomic E-state index is 0.158. The van der Waals surface area contributed by atoms with Crippen LogP contribution in [0.5, 0.6) is 5.75 Å².